The average Bonchev–Trinajstić information content (AvgIpc) is 3.22. The van der Waals surface area contributed by atoms with Crippen LogP contribution in [0.5, 0.6) is 0 Å². The van der Waals surface area contributed by atoms with Crippen LogP contribution in [0.25, 0.3) is 0 Å². The highest BCUT2D eigenvalue weighted by Gasteiger charge is 2.50. The Bertz CT molecular complexity index is 780. The van der Waals surface area contributed by atoms with Gasteiger partial charge in [0.2, 0.25) is 0 Å². The molecule has 2 saturated carbocycles. The van der Waals surface area contributed by atoms with Crippen LogP contribution < -0.4 is 5.32 Å². The molecule has 30 heavy (non-hydrogen) atoms. The van der Waals surface area contributed by atoms with Crippen molar-refractivity contribution in [3.05, 3.63) is 35.9 Å². The zero-order valence-corrected chi connectivity index (χ0v) is 17.8. The van der Waals surface area contributed by atoms with E-state index in [-0.39, 0.29) is 12.0 Å². The van der Waals surface area contributed by atoms with Gasteiger partial charge in [0.05, 0.1) is 0 Å². The van der Waals surface area contributed by atoms with Gasteiger partial charge in [0, 0.05) is 30.8 Å². The van der Waals surface area contributed by atoms with Crippen molar-refractivity contribution in [2.24, 2.45) is 17.8 Å². The quantitative estimate of drug-likeness (QED) is 0.413. The number of hydrogen-bond donors (Lipinski definition) is 4. The van der Waals surface area contributed by atoms with Gasteiger partial charge in [-0.1, -0.05) is 49.6 Å². The number of carbonyl (C=O) groups is 1. The molecule has 4 N–H and O–H groups in total. The van der Waals surface area contributed by atoms with Gasteiger partial charge in [0.15, 0.2) is 5.60 Å². The molecule has 3 atom stereocenters. The molecular formula is C21H31NO7S. The summed E-state index contributed by atoms with van der Waals surface area (Å²) >= 11 is 0. The topological polar surface area (TPSA) is 133 Å². The van der Waals surface area contributed by atoms with E-state index in [1.165, 1.54) is 6.42 Å². The summed E-state index contributed by atoms with van der Waals surface area (Å²) in [4.78, 5) is 13.3. The van der Waals surface area contributed by atoms with Crippen molar-refractivity contribution in [2.45, 2.75) is 56.7 Å². The predicted octanol–water partition coefficient (Wildman–Crippen LogP) is 2.34. The van der Waals surface area contributed by atoms with Crippen LogP contribution in [0.15, 0.2) is 30.3 Å². The van der Waals surface area contributed by atoms with Crippen LogP contribution in [0.3, 0.4) is 0 Å². The van der Waals surface area contributed by atoms with Crippen molar-refractivity contribution >= 4 is 16.4 Å². The summed E-state index contributed by atoms with van der Waals surface area (Å²) in [6.07, 6.45) is 7.32. The Labute approximate surface area is 177 Å². The second kappa shape index (κ2) is 9.74. The van der Waals surface area contributed by atoms with Crippen LogP contribution in [-0.4, -0.2) is 47.8 Å². The van der Waals surface area contributed by atoms with E-state index in [1.807, 2.05) is 30.3 Å². The third kappa shape index (κ3) is 5.59. The van der Waals surface area contributed by atoms with Crippen LogP contribution in [0.1, 0.15) is 50.5 Å². The molecule has 9 heteroatoms. The van der Waals surface area contributed by atoms with E-state index in [2.05, 4.69) is 5.32 Å². The fraction of sp³-hybridized carbons (Fsp3) is 0.667. The van der Waals surface area contributed by atoms with E-state index in [9.17, 15) is 9.90 Å². The molecule has 0 spiro atoms. The third-order valence-corrected chi connectivity index (χ3v) is 6.61. The van der Waals surface area contributed by atoms with Crippen LogP contribution in [0.2, 0.25) is 0 Å². The van der Waals surface area contributed by atoms with Gasteiger partial charge in [-0.05, 0) is 31.2 Å². The molecule has 168 valence electrons. The highest BCUT2D eigenvalue weighted by atomic mass is 32.3. The Kier molecular flexibility index (Phi) is 7.52. The highest BCUT2D eigenvalue weighted by Crippen LogP contribution is 2.43. The fourth-order valence-electron chi connectivity index (χ4n) is 5.21. The van der Waals surface area contributed by atoms with E-state index in [0.29, 0.717) is 17.4 Å². The van der Waals surface area contributed by atoms with Gasteiger partial charge in [0.25, 0.3) is 0 Å². The summed E-state index contributed by atoms with van der Waals surface area (Å²) in [7, 11) is -4.67. The first-order valence-corrected chi connectivity index (χ1v) is 12.0. The number of nitrogens with one attached hydrogen (secondary N) is 1. The van der Waals surface area contributed by atoms with Crippen LogP contribution >= 0.6 is 0 Å². The number of piperidine rings is 1. The summed E-state index contributed by atoms with van der Waals surface area (Å²) in [5.74, 6) is 0.318. The lowest BCUT2D eigenvalue weighted by atomic mass is 9.75. The summed E-state index contributed by atoms with van der Waals surface area (Å²) in [6.45, 7) is 1.84. The number of hydrogen-bond acceptors (Lipinski definition) is 6. The molecule has 1 aliphatic heterocycles. The van der Waals surface area contributed by atoms with Gasteiger partial charge in [-0.15, -0.1) is 0 Å². The van der Waals surface area contributed by atoms with Crippen LogP contribution in [0, 0.1) is 17.8 Å². The molecule has 1 saturated heterocycles. The first-order valence-electron chi connectivity index (χ1n) is 10.6. The normalized spacial score (nSPS) is 28.7. The lowest BCUT2D eigenvalue weighted by molar-refractivity contribution is -0.188. The number of aliphatic hydroxyl groups is 1. The van der Waals surface area contributed by atoms with Crippen LogP contribution in [0.4, 0.5) is 0 Å². The summed E-state index contributed by atoms with van der Waals surface area (Å²) in [6, 6.07) is 9.43. The smallest absolute Gasteiger partial charge is 0.394 e. The minimum Gasteiger partial charge on any atom is -0.459 e. The molecule has 1 heterocycles. The van der Waals surface area contributed by atoms with Crippen LogP contribution in [-0.2, 0) is 25.5 Å². The van der Waals surface area contributed by atoms with Crippen molar-refractivity contribution in [3.63, 3.8) is 0 Å². The first kappa shape index (κ1) is 23.1. The number of rotatable bonds is 4. The Morgan fingerprint density at radius 3 is 2.03 bits per heavy atom. The van der Waals surface area contributed by atoms with Gasteiger partial charge in [-0.2, -0.15) is 8.42 Å². The van der Waals surface area contributed by atoms with E-state index in [4.69, 9.17) is 22.3 Å². The Hall–Kier alpha value is -1.52. The monoisotopic (exact) mass is 441 g/mol. The second-order valence-electron chi connectivity index (χ2n) is 8.54. The molecule has 1 aromatic rings. The minimum absolute atomic E-state index is 0.0380. The number of esters is 1. The zero-order valence-electron chi connectivity index (χ0n) is 16.9. The second-order valence-corrected chi connectivity index (χ2v) is 9.44. The number of benzene rings is 1. The summed E-state index contributed by atoms with van der Waals surface area (Å²) < 4.78 is 37.6. The molecule has 3 aliphatic rings. The maximum absolute atomic E-state index is 13.3. The number of carbonyl (C=O) groups excluding carboxylic acids is 1. The van der Waals surface area contributed by atoms with E-state index < -0.39 is 22.0 Å². The zero-order chi connectivity index (χ0) is 21.8. The Balaban J connectivity index is 0.000000461. The maximum atomic E-state index is 13.3. The molecule has 0 amide bonds. The molecular weight excluding hydrogens is 410 g/mol. The molecule has 3 fully saturated rings. The Morgan fingerprint density at radius 1 is 0.967 bits per heavy atom. The van der Waals surface area contributed by atoms with Gasteiger partial charge in [0.1, 0.15) is 6.10 Å². The SMILES string of the molecule is O=C(OC1C2CCCC1CNC2)[C@](O)(c1ccccc1)C1CCCC1.O=S(=O)(O)O. The minimum atomic E-state index is -4.67. The largest absolute Gasteiger partial charge is 0.459 e. The maximum Gasteiger partial charge on any atom is 0.394 e. The van der Waals surface area contributed by atoms with E-state index in [0.717, 1.165) is 51.6 Å². The fourth-order valence-corrected chi connectivity index (χ4v) is 5.21. The Morgan fingerprint density at radius 2 is 1.50 bits per heavy atom. The molecule has 1 aromatic carbocycles. The first-order chi connectivity index (χ1) is 14.2. The average molecular weight is 442 g/mol. The van der Waals surface area contributed by atoms with E-state index >= 15 is 0 Å². The molecule has 2 unspecified atom stereocenters. The third-order valence-electron chi connectivity index (χ3n) is 6.61. The highest BCUT2D eigenvalue weighted by molar-refractivity contribution is 7.79. The van der Waals surface area contributed by atoms with Crippen molar-refractivity contribution < 1.29 is 32.2 Å². The summed E-state index contributed by atoms with van der Waals surface area (Å²) in [5.41, 5.74) is -0.817. The molecule has 0 aromatic heterocycles. The molecule has 2 aliphatic carbocycles. The van der Waals surface area contributed by atoms with Gasteiger partial charge in [-0.25, -0.2) is 4.79 Å². The van der Waals surface area contributed by atoms with Gasteiger partial charge < -0.3 is 15.2 Å². The van der Waals surface area contributed by atoms with E-state index in [1.54, 1.807) is 0 Å². The number of ether oxygens (including phenoxy) is 1. The van der Waals surface area contributed by atoms with Gasteiger partial charge in [-0.3, -0.25) is 9.11 Å². The molecule has 4 rings (SSSR count). The van der Waals surface area contributed by atoms with Crippen molar-refractivity contribution in [1.82, 2.24) is 5.32 Å². The molecule has 0 radical (unpaired) electrons. The molecule has 8 nitrogen and oxygen atoms in total. The molecule has 2 bridgehead atoms. The lowest BCUT2D eigenvalue weighted by Crippen LogP contribution is -2.54. The van der Waals surface area contributed by atoms with Crippen molar-refractivity contribution in [2.75, 3.05) is 13.1 Å². The van der Waals surface area contributed by atoms with Gasteiger partial charge >= 0.3 is 16.4 Å². The summed E-state index contributed by atoms with van der Waals surface area (Å²) in [5, 5.41) is 15.0. The lowest BCUT2D eigenvalue weighted by Gasteiger charge is -2.43. The van der Waals surface area contributed by atoms with Crippen molar-refractivity contribution in [1.29, 1.82) is 0 Å². The predicted molar refractivity (Wildman–Crippen MR) is 110 cm³/mol. The van der Waals surface area contributed by atoms with Crippen molar-refractivity contribution in [3.8, 4) is 0 Å². The standard InChI is InChI=1S/C21H29NO3.H2O4S/c23-20(25-19-15-7-6-8-16(19)14-22-13-15)21(24,18-11-4-5-12-18)17-9-2-1-3-10-17;1-5(2,3)4/h1-3,9-10,15-16,18-19,22,24H,4-8,11-14H2;(H2,1,2,3,4)/t15?,16?,19?,21-;/m0./s1. The number of fused-ring (bicyclic) bond motifs is 2.